The second-order valence-electron chi connectivity index (χ2n) is 4.50. The third kappa shape index (κ3) is 5.57. The highest BCUT2D eigenvalue weighted by Crippen LogP contribution is 2.15. The van der Waals surface area contributed by atoms with E-state index in [9.17, 15) is 9.18 Å². The highest BCUT2D eigenvalue weighted by atomic mass is 35.5. The molecule has 0 bridgehead atoms. The van der Waals surface area contributed by atoms with Gasteiger partial charge in [0.15, 0.2) is 0 Å². The van der Waals surface area contributed by atoms with E-state index < -0.39 is 5.82 Å². The molecule has 0 aliphatic carbocycles. The zero-order valence-electron chi connectivity index (χ0n) is 11.3. The van der Waals surface area contributed by atoms with Crippen molar-refractivity contribution in [3.05, 3.63) is 34.6 Å². The van der Waals surface area contributed by atoms with Gasteiger partial charge in [-0.15, -0.1) is 0 Å². The Balaban J connectivity index is 2.38. The molecule has 1 unspecified atom stereocenters. The van der Waals surface area contributed by atoms with Gasteiger partial charge in [-0.1, -0.05) is 31.0 Å². The first-order chi connectivity index (χ1) is 9.04. The Kier molecular flexibility index (Phi) is 6.81. The Bertz CT molecular complexity index is 426. The average Bonchev–Trinajstić information content (AvgIpc) is 2.40. The lowest BCUT2D eigenvalue weighted by atomic mass is 10.2. The van der Waals surface area contributed by atoms with Crippen LogP contribution < -0.4 is 10.6 Å². The van der Waals surface area contributed by atoms with E-state index in [-0.39, 0.29) is 17.0 Å². The molecule has 1 aromatic rings. The number of halogens is 2. The van der Waals surface area contributed by atoms with Gasteiger partial charge >= 0.3 is 0 Å². The molecular weight excluding hydrogens is 267 g/mol. The van der Waals surface area contributed by atoms with Crippen LogP contribution in [0.1, 0.15) is 32.3 Å². The molecule has 1 rings (SSSR count). The Morgan fingerprint density at radius 1 is 1.47 bits per heavy atom. The molecule has 0 aliphatic rings. The molecule has 3 nitrogen and oxygen atoms in total. The third-order valence-electron chi connectivity index (χ3n) is 2.82. The van der Waals surface area contributed by atoms with Gasteiger partial charge in [0, 0.05) is 13.1 Å². The van der Waals surface area contributed by atoms with E-state index in [1.807, 2.05) is 0 Å². The van der Waals surface area contributed by atoms with Crippen LogP contribution in [0.5, 0.6) is 0 Å². The van der Waals surface area contributed by atoms with Crippen LogP contribution >= 0.6 is 11.6 Å². The number of benzene rings is 1. The lowest BCUT2D eigenvalue weighted by Crippen LogP contribution is -2.42. The van der Waals surface area contributed by atoms with Gasteiger partial charge in [0.25, 0.3) is 0 Å². The van der Waals surface area contributed by atoms with E-state index in [0.717, 1.165) is 18.4 Å². The molecule has 1 amide bonds. The van der Waals surface area contributed by atoms with Crippen LogP contribution in [0, 0.1) is 5.82 Å². The summed E-state index contributed by atoms with van der Waals surface area (Å²) in [6.45, 7) is 5.05. The molecule has 0 aromatic heterocycles. The zero-order valence-corrected chi connectivity index (χ0v) is 12.1. The second-order valence-corrected chi connectivity index (χ2v) is 4.90. The zero-order chi connectivity index (χ0) is 14.3. The van der Waals surface area contributed by atoms with Crippen molar-refractivity contribution in [1.29, 1.82) is 0 Å². The molecule has 106 valence electrons. The Hall–Kier alpha value is -1.13. The molecule has 19 heavy (non-hydrogen) atoms. The summed E-state index contributed by atoms with van der Waals surface area (Å²) in [6.07, 6.45) is 2.03. The van der Waals surface area contributed by atoms with Crippen LogP contribution in [0.15, 0.2) is 18.2 Å². The fourth-order valence-corrected chi connectivity index (χ4v) is 1.76. The van der Waals surface area contributed by atoms with Crippen molar-refractivity contribution in [1.82, 2.24) is 10.6 Å². The Morgan fingerprint density at radius 2 is 2.21 bits per heavy atom. The summed E-state index contributed by atoms with van der Waals surface area (Å²) in [6, 6.07) is 4.24. The van der Waals surface area contributed by atoms with Crippen LogP contribution in [-0.4, -0.2) is 18.5 Å². The van der Waals surface area contributed by atoms with E-state index in [2.05, 4.69) is 17.6 Å². The average molecular weight is 287 g/mol. The number of hydrogen-bond acceptors (Lipinski definition) is 2. The summed E-state index contributed by atoms with van der Waals surface area (Å²) in [4.78, 5) is 11.7. The maximum absolute atomic E-state index is 13.0. The topological polar surface area (TPSA) is 41.1 Å². The van der Waals surface area contributed by atoms with Crippen LogP contribution in [0.25, 0.3) is 0 Å². The van der Waals surface area contributed by atoms with Gasteiger partial charge in [0.1, 0.15) is 5.82 Å². The fraction of sp³-hybridized carbons (Fsp3) is 0.500. The van der Waals surface area contributed by atoms with Gasteiger partial charge < -0.3 is 10.6 Å². The summed E-state index contributed by atoms with van der Waals surface area (Å²) < 4.78 is 13.0. The van der Waals surface area contributed by atoms with Crippen molar-refractivity contribution in [3.8, 4) is 0 Å². The van der Waals surface area contributed by atoms with E-state index in [0.29, 0.717) is 13.1 Å². The van der Waals surface area contributed by atoms with E-state index in [4.69, 9.17) is 11.6 Å². The van der Waals surface area contributed by atoms with E-state index in [1.165, 1.54) is 6.07 Å². The lowest BCUT2D eigenvalue weighted by molar-refractivity contribution is -0.122. The first-order valence-corrected chi connectivity index (χ1v) is 6.87. The molecule has 0 aliphatic heterocycles. The van der Waals surface area contributed by atoms with Crippen molar-refractivity contribution >= 4 is 17.5 Å². The summed E-state index contributed by atoms with van der Waals surface area (Å²) in [7, 11) is 0. The van der Waals surface area contributed by atoms with Crippen molar-refractivity contribution in [3.63, 3.8) is 0 Å². The fourth-order valence-electron chi connectivity index (χ4n) is 1.55. The number of unbranched alkanes of at least 4 members (excludes halogenated alkanes) is 1. The molecule has 0 radical (unpaired) electrons. The molecule has 0 spiro atoms. The largest absolute Gasteiger partial charge is 0.355 e. The first kappa shape index (κ1) is 15.9. The minimum absolute atomic E-state index is 0.0262. The minimum atomic E-state index is -0.434. The number of carbonyl (C=O) groups is 1. The summed E-state index contributed by atoms with van der Waals surface area (Å²) >= 11 is 5.69. The molecule has 1 atom stereocenters. The molecule has 0 saturated carbocycles. The molecular formula is C14H20ClFN2O. The third-order valence-corrected chi connectivity index (χ3v) is 3.11. The quantitative estimate of drug-likeness (QED) is 0.757. The number of rotatable bonds is 7. The molecule has 0 saturated heterocycles. The number of amides is 1. The van der Waals surface area contributed by atoms with Gasteiger partial charge in [0.05, 0.1) is 11.1 Å². The maximum Gasteiger partial charge on any atom is 0.236 e. The predicted molar refractivity (Wildman–Crippen MR) is 75.6 cm³/mol. The Morgan fingerprint density at radius 3 is 2.84 bits per heavy atom. The van der Waals surface area contributed by atoms with Crippen molar-refractivity contribution in [2.24, 2.45) is 0 Å². The molecule has 5 heteroatoms. The van der Waals surface area contributed by atoms with Gasteiger partial charge in [-0.25, -0.2) is 4.39 Å². The normalized spacial score (nSPS) is 12.2. The van der Waals surface area contributed by atoms with Crippen molar-refractivity contribution in [2.75, 3.05) is 6.54 Å². The van der Waals surface area contributed by atoms with Crippen LogP contribution in [-0.2, 0) is 11.3 Å². The van der Waals surface area contributed by atoms with Crippen LogP contribution in [0.3, 0.4) is 0 Å². The molecule has 0 heterocycles. The van der Waals surface area contributed by atoms with E-state index in [1.54, 1.807) is 19.1 Å². The standard InChI is InChI=1S/C14H20ClFN2O/c1-3-4-7-17-14(19)10(2)18-9-11-5-6-13(16)12(15)8-11/h5-6,8,10,18H,3-4,7,9H2,1-2H3,(H,17,19). The highest BCUT2D eigenvalue weighted by molar-refractivity contribution is 6.30. The number of carbonyl (C=O) groups excluding carboxylic acids is 1. The van der Waals surface area contributed by atoms with Gasteiger partial charge in [-0.3, -0.25) is 4.79 Å². The molecule has 2 N–H and O–H groups in total. The predicted octanol–water partition coefficient (Wildman–Crippen LogP) is 2.87. The minimum Gasteiger partial charge on any atom is -0.355 e. The first-order valence-electron chi connectivity index (χ1n) is 6.49. The monoisotopic (exact) mass is 286 g/mol. The SMILES string of the molecule is CCCCNC(=O)C(C)NCc1ccc(F)c(Cl)c1. The van der Waals surface area contributed by atoms with Crippen molar-refractivity contribution in [2.45, 2.75) is 39.3 Å². The summed E-state index contributed by atoms with van der Waals surface area (Å²) in [5.74, 6) is -0.461. The molecule has 0 fully saturated rings. The van der Waals surface area contributed by atoms with Crippen LogP contribution in [0.2, 0.25) is 5.02 Å². The number of nitrogens with one attached hydrogen (secondary N) is 2. The highest BCUT2D eigenvalue weighted by Gasteiger charge is 2.11. The Labute approximate surface area is 118 Å². The lowest BCUT2D eigenvalue weighted by Gasteiger charge is -2.14. The smallest absolute Gasteiger partial charge is 0.236 e. The van der Waals surface area contributed by atoms with E-state index >= 15 is 0 Å². The maximum atomic E-state index is 13.0. The van der Waals surface area contributed by atoms with Gasteiger partial charge in [-0.2, -0.15) is 0 Å². The van der Waals surface area contributed by atoms with Gasteiger partial charge in [-0.05, 0) is 31.0 Å². The van der Waals surface area contributed by atoms with Crippen molar-refractivity contribution < 1.29 is 9.18 Å². The summed E-state index contributed by atoms with van der Waals surface area (Å²) in [5, 5.41) is 6.03. The van der Waals surface area contributed by atoms with Crippen LogP contribution in [0.4, 0.5) is 4.39 Å². The second kappa shape index (κ2) is 8.12. The number of hydrogen-bond donors (Lipinski definition) is 2. The van der Waals surface area contributed by atoms with Gasteiger partial charge in [0.2, 0.25) is 5.91 Å². The molecule has 1 aromatic carbocycles. The summed E-state index contributed by atoms with van der Waals surface area (Å²) in [5.41, 5.74) is 0.847.